The lowest BCUT2D eigenvalue weighted by atomic mass is 10.2. The Morgan fingerprint density at radius 1 is 1.32 bits per heavy atom. The maximum atomic E-state index is 12.8. The van der Waals surface area contributed by atoms with Crippen LogP contribution in [-0.2, 0) is 14.8 Å². The monoisotopic (exact) mass is 424 g/mol. The van der Waals surface area contributed by atoms with Gasteiger partial charge in [0.25, 0.3) is 5.91 Å². The zero-order chi connectivity index (χ0) is 20.3. The second-order valence-corrected chi connectivity index (χ2v) is 8.60. The van der Waals surface area contributed by atoms with Crippen molar-refractivity contribution in [1.82, 2.24) is 0 Å². The number of halogens is 1. The van der Waals surface area contributed by atoms with E-state index in [0.29, 0.717) is 28.8 Å². The number of carbonyl (C=O) groups excluding carboxylic acids is 1. The van der Waals surface area contributed by atoms with Crippen molar-refractivity contribution < 1.29 is 22.7 Å². The second kappa shape index (κ2) is 8.28. The summed E-state index contributed by atoms with van der Waals surface area (Å²) in [6, 6.07) is 11.8. The number of anilines is 2. The number of sulfonamides is 1. The summed E-state index contributed by atoms with van der Waals surface area (Å²) >= 11 is 6.03. The van der Waals surface area contributed by atoms with Gasteiger partial charge in [-0.05, 0) is 37.3 Å². The fraction of sp³-hybridized carbons (Fsp3) is 0.316. The molecule has 2 aromatic carbocycles. The summed E-state index contributed by atoms with van der Waals surface area (Å²) in [7, 11) is -3.56. The van der Waals surface area contributed by atoms with Gasteiger partial charge in [-0.3, -0.25) is 9.10 Å². The first-order valence-electron chi connectivity index (χ1n) is 8.76. The third kappa shape index (κ3) is 4.51. The molecule has 1 N–H and O–H groups in total. The van der Waals surface area contributed by atoms with Gasteiger partial charge >= 0.3 is 0 Å². The van der Waals surface area contributed by atoms with Gasteiger partial charge in [0.2, 0.25) is 10.0 Å². The van der Waals surface area contributed by atoms with Crippen LogP contribution in [0.3, 0.4) is 0 Å². The van der Waals surface area contributed by atoms with Gasteiger partial charge in [0.1, 0.15) is 11.5 Å². The average Bonchev–Trinajstić information content (AvgIpc) is 2.82. The Kier molecular flexibility index (Phi) is 6.00. The molecule has 1 atom stereocenters. The molecule has 3 rings (SSSR count). The molecule has 1 aliphatic rings. The zero-order valence-electron chi connectivity index (χ0n) is 15.5. The standard InChI is InChI=1S/C19H21ClN2O5S/c1-3-26-16-7-5-4-6-14(16)21-19(23)18-10-11-22(28(2,24)25)15-12-13(20)8-9-17(15)27-18/h4-9,12,18H,3,10-11H2,1-2H3,(H,21,23)/t18-/m0/s1. The maximum Gasteiger partial charge on any atom is 0.265 e. The molecule has 0 aliphatic carbocycles. The lowest BCUT2D eigenvalue weighted by Gasteiger charge is -2.21. The third-order valence-corrected chi connectivity index (χ3v) is 5.61. The summed E-state index contributed by atoms with van der Waals surface area (Å²) in [5.74, 6) is 0.450. The number of carbonyl (C=O) groups is 1. The molecule has 0 saturated carbocycles. The highest BCUT2D eigenvalue weighted by atomic mass is 35.5. The Bertz CT molecular complexity index is 980. The van der Waals surface area contributed by atoms with E-state index in [2.05, 4.69) is 5.32 Å². The van der Waals surface area contributed by atoms with Gasteiger partial charge in [-0.2, -0.15) is 0 Å². The van der Waals surface area contributed by atoms with Gasteiger partial charge in [-0.15, -0.1) is 0 Å². The number of hydrogen-bond acceptors (Lipinski definition) is 5. The van der Waals surface area contributed by atoms with Gasteiger partial charge in [-0.1, -0.05) is 23.7 Å². The van der Waals surface area contributed by atoms with Crippen LogP contribution in [0.25, 0.3) is 0 Å². The first-order chi connectivity index (χ1) is 13.3. The van der Waals surface area contributed by atoms with Crippen LogP contribution >= 0.6 is 11.6 Å². The highest BCUT2D eigenvalue weighted by Crippen LogP contribution is 2.36. The molecule has 1 amide bonds. The minimum Gasteiger partial charge on any atom is -0.492 e. The van der Waals surface area contributed by atoms with Crippen LogP contribution in [0, 0.1) is 0 Å². The molecule has 2 aromatic rings. The number of amides is 1. The smallest absolute Gasteiger partial charge is 0.265 e. The van der Waals surface area contributed by atoms with Crippen LogP contribution in [-0.4, -0.2) is 39.8 Å². The number of hydrogen-bond donors (Lipinski definition) is 1. The van der Waals surface area contributed by atoms with Crippen molar-refractivity contribution >= 4 is 38.9 Å². The fourth-order valence-electron chi connectivity index (χ4n) is 2.95. The molecule has 0 radical (unpaired) electrons. The van der Waals surface area contributed by atoms with E-state index in [9.17, 15) is 13.2 Å². The first kappa shape index (κ1) is 20.3. The highest BCUT2D eigenvalue weighted by molar-refractivity contribution is 7.92. The molecule has 0 saturated heterocycles. The quantitative estimate of drug-likeness (QED) is 0.796. The van der Waals surface area contributed by atoms with E-state index in [-0.39, 0.29) is 24.6 Å². The molecular formula is C19H21ClN2O5S. The van der Waals surface area contributed by atoms with Crippen LogP contribution in [0.15, 0.2) is 42.5 Å². The van der Waals surface area contributed by atoms with Gasteiger partial charge in [0.15, 0.2) is 6.10 Å². The Morgan fingerprint density at radius 3 is 2.79 bits per heavy atom. The Labute approximate surface area is 169 Å². The van der Waals surface area contributed by atoms with Crippen molar-refractivity contribution in [3.05, 3.63) is 47.5 Å². The molecule has 0 bridgehead atoms. The van der Waals surface area contributed by atoms with E-state index < -0.39 is 16.1 Å². The van der Waals surface area contributed by atoms with Gasteiger partial charge in [0, 0.05) is 18.0 Å². The third-order valence-electron chi connectivity index (χ3n) is 4.19. The van der Waals surface area contributed by atoms with Crippen molar-refractivity contribution in [2.24, 2.45) is 0 Å². The van der Waals surface area contributed by atoms with Crippen molar-refractivity contribution in [3.8, 4) is 11.5 Å². The molecule has 0 unspecified atom stereocenters. The summed E-state index contributed by atoms with van der Waals surface area (Å²) in [6.07, 6.45) is 0.416. The van der Waals surface area contributed by atoms with Crippen LogP contribution in [0.4, 0.5) is 11.4 Å². The molecule has 9 heteroatoms. The number of nitrogens with one attached hydrogen (secondary N) is 1. The van der Waals surface area contributed by atoms with E-state index in [1.807, 2.05) is 13.0 Å². The van der Waals surface area contributed by atoms with E-state index in [4.69, 9.17) is 21.1 Å². The molecule has 7 nitrogen and oxygen atoms in total. The summed E-state index contributed by atoms with van der Waals surface area (Å²) < 4.78 is 37.0. The van der Waals surface area contributed by atoms with Crippen molar-refractivity contribution in [3.63, 3.8) is 0 Å². The van der Waals surface area contributed by atoms with Crippen molar-refractivity contribution in [2.75, 3.05) is 29.0 Å². The van der Waals surface area contributed by atoms with Crippen molar-refractivity contribution in [2.45, 2.75) is 19.4 Å². The Balaban J connectivity index is 1.87. The van der Waals surface area contributed by atoms with Gasteiger partial charge in [-0.25, -0.2) is 8.42 Å². The summed E-state index contributed by atoms with van der Waals surface area (Å²) in [5, 5.41) is 3.18. The lowest BCUT2D eigenvalue weighted by molar-refractivity contribution is -0.122. The average molecular weight is 425 g/mol. The number of fused-ring (bicyclic) bond motifs is 1. The van der Waals surface area contributed by atoms with Crippen LogP contribution in [0.2, 0.25) is 5.02 Å². The number of nitrogens with zero attached hydrogens (tertiary/aromatic N) is 1. The molecule has 28 heavy (non-hydrogen) atoms. The van der Waals surface area contributed by atoms with E-state index in [0.717, 1.165) is 6.26 Å². The first-order valence-corrected chi connectivity index (χ1v) is 11.0. The number of ether oxygens (including phenoxy) is 2. The highest BCUT2D eigenvalue weighted by Gasteiger charge is 2.31. The molecular weight excluding hydrogens is 404 g/mol. The predicted octanol–water partition coefficient (Wildman–Crippen LogP) is 3.29. The zero-order valence-corrected chi connectivity index (χ0v) is 17.1. The maximum absolute atomic E-state index is 12.8. The minimum absolute atomic E-state index is 0.0946. The molecule has 1 heterocycles. The van der Waals surface area contributed by atoms with Crippen LogP contribution in [0.1, 0.15) is 13.3 Å². The predicted molar refractivity (Wildman–Crippen MR) is 109 cm³/mol. The van der Waals surface area contributed by atoms with Crippen LogP contribution in [0.5, 0.6) is 11.5 Å². The molecule has 0 aromatic heterocycles. The van der Waals surface area contributed by atoms with Crippen molar-refractivity contribution in [1.29, 1.82) is 0 Å². The number of benzene rings is 2. The molecule has 0 spiro atoms. The Morgan fingerprint density at radius 2 is 2.07 bits per heavy atom. The number of para-hydroxylation sites is 2. The second-order valence-electron chi connectivity index (χ2n) is 6.26. The Hall–Kier alpha value is -2.45. The molecule has 1 aliphatic heterocycles. The fourth-order valence-corrected chi connectivity index (χ4v) is 4.05. The van der Waals surface area contributed by atoms with Crippen LogP contribution < -0.4 is 19.1 Å². The van der Waals surface area contributed by atoms with E-state index in [1.54, 1.807) is 30.3 Å². The van der Waals surface area contributed by atoms with E-state index >= 15 is 0 Å². The lowest BCUT2D eigenvalue weighted by Crippen LogP contribution is -2.36. The summed E-state index contributed by atoms with van der Waals surface area (Å²) in [5.41, 5.74) is 0.846. The normalized spacial score (nSPS) is 16.5. The summed E-state index contributed by atoms with van der Waals surface area (Å²) in [6.45, 7) is 2.41. The molecule has 0 fully saturated rings. The largest absolute Gasteiger partial charge is 0.492 e. The van der Waals surface area contributed by atoms with Gasteiger partial charge < -0.3 is 14.8 Å². The molecule has 150 valence electrons. The summed E-state index contributed by atoms with van der Waals surface area (Å²) in [4.78, 5) is 12.8. The van der Waals surface area contributed by atoms with E-state index in [1.165, 1.54) is 10.4 Å². The minimum atomic E-state index is -3.56. The SMILES string of the molecule is CCOc1ccccc1NC(=O)[C@@H]1CCN(S(C)(=O)=O)c2cc(Cl)ccc2O1. The van der Waals surface area contributed by atoms with Gasteiger partial charge in [0.05, 0.1) is 24.2 Å². The topological polar surface area (TPSA) is 84.9 Å². The number of rotatable bonds is 5.